The van der Waals surface area contributed by atoms with Crippen molar-refractivity contribution in [1.82, 2.24) is 25.0 Å². The van der Waals surface area contributed by atoms with Crippen molar-refractivity contribution in [3.05, 3.63) is 40.5 Å². The largest absolute Gasteiger partial charge is 0.464 e. The van der Waals surface area contributed by atoms with E-state index in [9.17, 15) is 13.6 Å². The third-order valence-electron chi connectivity index (χ3n) is 6.88. The summed E-state index contributed by atoms with van der Waals surface area (Å²) in [5.41, 5.74) is 2.39. The van der Waals surface area contributed by atoms with Gasteiger partial charge in [0.05, 0.1) is 30.0 Å². The summed E-state index contributed by atoms with van der Waals surface area (Å²) in [5.74, 6) is -2.95. The maximum atomic E-state index is 13.1. The van der Waals surface area contributed by atoms with Crippen LogP contribution in [0, 0.1) is 0 Å². The highest BCUT2D eigenvalue weighted by Gasteiger charge is 2.26. The predicted molar refractivity (Wildman–Crippen MR) is 138 cm³/mol. The molecule has 3 aromatic rings. The predicted octanol–water partition coefficient (Wildman–Crippen LogP) is 3.83. The molecule has 2 aliphatic rings. The zero-order valence-electron chi connectivity index (χ0n) is 21.2. The molecule has 200 valence electrons. The summed E-state index contributed by atoms with van der Waals surface area (Å²) in [6.45, 7) is 3.45. The number of aromatic nitrogens is 3. The number of halogens is 2. The Hall–Kier alpha value is -2.63. The van der Waals surface area contributed by atoms with Gasteiger partial charge in [-0.2, -0.15) is 5.10 Å². The van der Waals surface area contributed by atoms with Crippen molar-refractivity contribution >= 4 is 28.1 Å². The average Bonchev–Trinajstić information content (AvgIpc) is 3.38. The first-order valence-corrected chi connectivity index (χ1v) is 13.6. The van der Waals surface area contributed by atoms with Gasteiger partial charge in [-0.15, -0.1) is 0 Å². The number of ether oxygens (including phenoxy) is 2. The minimum atomic E-state index is -2.86. The molecule has 1 fully saturated rings. The third kappa shape index (κ3) is 6.82. The molecule has 0 bridgehead atoms. The van der Waals surface area contributed by atoms with Crippen LogP contribution < -0.4 is 10.1 Å². The van der Waals surface area contributed by atoms with E-state index >= 15 is 0 Å². The van der Waals surface area contributed by atoms with E-state index in [1.165, 1.54) is 11.3 Å². The van der Waals surface area contributed by atoms with Crippen LogP contribution in [0.5, 0.6) is 5.19 Å². The van der Waals surface area contributed by atoms with Gasteiger partial charge in [0.25, 0.3) is 17.0 Å². The molecule has 0 radical (unpaired) electrons. The fourth-order valence-corrected chi connectivity index (χ4v) is 5.83. The van der Waals surface area contributed by atoms with Crippen molar-refractivity contribution in [2.24, 2.45) is 7.05 Å². The average molecular weight is 534 g/mol. The van der Waals surface area contributed by atoms with Crippen LogP contribution in [0.2, 0.25) is 0 Å². The van der Waals surface area contributed by atoms with Crippen LogP contribution >= 0.6 is 11.3 Å². The Morgan fingerprint density at radius 1 is 1.30 bits per heavy atom. The lowest BCUT2D eigenvalue weighted by atomic mass is 10.0. The Morgan fingerprint density at radius 2 is 2.14 bits per heavy atom. The summed E-state index contributed by atoms with van der Waals surface area (Å²) >= 11 is 1.39. The first-order chi connectivity index (χ1) is 17.7. The van der Waals surface area contributed by atoms with Gasteiger partial charge in [0.2, 0.25) is 0 Å². The van der Waals surface area contributed by atoms with Gasteiger partial charge in [-0.3, -0.25) is 9.48 Å². The van der Waals surface area contributed by atoms with Crippen molar-refractivity contribution in [2.75, 3.05) is 32.8 Å². The van der Waals surface area contributed by atoms with Gasteiger partial charge in [-0.25, -0.2) is 13.8 Å². The molecule has 4 heterocycles. The number of carbonyl (C=O) groups is 1. The smallest absolute Gasteiger partial charge is 0.278 e. The molecule has 2 atom stereocenters. The summed E-state index contributed by atoms with van der Waals surface area (Å²) < 4.78 is 39.1. The number of fused-ring (bicyclic) bond motifs is 2. The second kappa shape index (κ2) is 11.0. The molecule has 8 nitrogen and oxygen atoms in total. The first kappa shape index (κ1) is 26.0. The number of hydrogen-bond acceptors (Lipinski definition) is 7. The van der Waals surface area contributed by atoms with Crippen LogP contribution in [0.4, 0.5) is 8.78 Å². The molecule has 5 rings (SSSR count). The van der Waals surface area contributed by atoms with Gasteiger partial charge in [0.15, 0.2) is 6.61 Å². The van der Waals surface area contributed by atoms with Crippen LogP contribution in [-0.2, 0) is 24.6 Å². The van der Waals surface area contributed by atoms with Crippen LogP contribution in [0.1, 0.15) is 47.1 Å². The number of benzene rings is 1. The zero-order chi connectivity index (χ0) is 26.0. The summed E-state index contributed by atoms with van der Waals surface area (Å²) in [6.07, 6.45) is 6.50. The number of nitrogens with zero attached hydrogens (tertiary/aromatic N) is 4. The number of aryl methyl sites for hydroxylation is 1. The molecule has 0 spiro atoms. The number of amides is 1. The topological polar surface area (TPSA) is 81.5 Å². The van der Waals surface area contributed by atoms with E-state index < -0.39 is 12.5 Å². The van der Waals surface area contributed by atoms with E-state index in [0.29, 0.717) is 17.4 Å². The zero-order valence-corrected chi connectivity index (χ0v) is 22.0. The third-order valence-corrected chi connectivity index (χ3v) is 7.95. The lowest BCUT2D eigenvalue weighted by Crippen LogP contribution is -2.43. The lowest BCUT2D eigenvalue weighted by molar-refractivity contribution is -0.0230. The van der Waals surface area contributed by atoms with Gasteiger partial charge in [-0.1, -0.05) is 17.4 Å². The summed E-state index contributed by atoms with van der Waals surface area (Å²) in [6, 6.07) is 5.58. The van der Waals surface area contributed by atoms with Crippen molar-refractivity contribution in [1.29, 1.82) is 0 Å². The molecular formula is C26H33F2N5O3S. The Morgan fingerprint density at radius 3 is 2.92 bits per heavy atom. The highest BCUT2D eigenvalue weighted by atomic mass is 32.1. The highest BCUT2D eigenvalue weighted by molar-refractivity contribution is 7.13. The van der Waals surface area contributed by atoms with E-state index in [1.807, 2.05) is 31.4 Å². The van der Waals surface area contributed by atoms with Crippen LogP contribution in [0.3, 0.4) is 0 Å². The molecule has 1 N–H and O–H groups in total. The molecule has 2 aromatic heterocycles. The van der Waals surface area contributed by atoms with Gasteiger partial charge in [0.1, 0.15) is 0 Å². The molecule has 1 aromatic carbocycles. The van der Waals surface area contributed by atoms with Gasteiger partial charge < -0.3 is 19.7 Å². The lowest BCUT2D eigenvalue weighted by Gasteiger charge is -2.31. The minimum Gasteiger partial charge on any atom is -0.464 e. The van der Waals surface area contributed by atoms with E-state index in [4.69, 9.17) is 9.47 Å². The minimum absolute atomic E-state index is 0.00694. The van der Waals surface area contributed by atoms with Crippen LogP contribution in [-0.4, -0.2) is 76.5 Å². The van der Waals surface area contributed by atoms with Crippen LogP contribution in [0.15, 0.2) is 24.4 Å². The second-order valence-electron chi connectivity index (χ2n) is 10.1. The number of hydrogen-bond donors (Lipinski definition) is 1. The molecule has 2 aliphatic heterocycles. The fraction of sp³-hybridized carbons (Fsp3) is 0.577. The number of carbonyl (C=O) groups excluding carboxylic acids is 1. The Labute approximate surface area is 218 Å². The van der Waals surface area contributed by atoms with E-state index in [-0.39, 0.29) is 18.1 Å². The van der Waals surface area contributed by atoms with Crippen LogP contribution in [0.25, 0.3) is 10.9 Å². The van der Waals surface area contributed by atoms with Crippen molar-refractivity contribution in [3.8, 4) is 5.19 Å². The monoisotopic (exact) mass is 533 g/mol. The van der Waals surface area contributed by atoms with E-state index in [1.54, 1.807) is 4.68 Å². The SMILES string of the molecule is Cn1cc2ccc(C(=O)NC3CCC(CCN4CCc5nc(OCC(C)(F)F)sc5CC4)OC3)cc2n1. The Balaban J connectivity index is 1.03. The van der Waals surface area contributed by atoms with E-state index in [0.717, 1.165) is 80.1 Å². The first-order valence-electron chi connectivity index (χ1n) is 12.8. The number of thiazole rings is 1. The fourth-order valence-electron chi connectivity index (χ4n) is 4.88. The molecule has 11 heteroatoms. The number of alkyl halides is 2. The van der Waals surface area contributed by atoms with Crippen molar-refractivity contribution < 1.29 is 23.0 Å². The second-order valence-corrected chi connectivity index (χ2v) is 11.2. The Kier molecular flexibility index (Phi) is 7.73. The van der Waals surface area contributed by atoms with E-state index in [2.05, 4.69) is 20.3 Å². The standard InChI is InChI=1S/C26H33F2N5O3S/c1-26(27,28)16-36-25-30-21-8-11-33(12-9-23(21)37-25)10-7-20-6-5-19(15-35-20)29-24(34)17-3-4-18-14-32(2)31-22(18)13-17/h3-4,13-14,19-20H,5-12,15-16H2,1-2H3,(H,29,34). The maximum absolute atomic E-state index is 13.1. The molecule has 37 heavy (non-hydrogen) atoms. The van der Waals surface area contributed by atoms with Gasteiger partial charge in [0, 0.05) is 62.1 Å². The maximum Gasteiger partial charge on any atom is 0.278 e. The molecule has 2 unspecified atom stereocenters. The molecule has 0 saturated carbocycles. The quantitative estimate of drug-likeness (QED) is 0.474. The molecule has 1 saturated heterocycles. The summed E-state index contributed by atoms with van der Waals surface area (Å²) in [7, 11) is 1.87. The normalized spacial score (nSPS) is 21.0. The summed E-state index contributed by atoms with van der Waals surface area (Å²) in [5, 5.41) is 8.84. The molecular weight excluding hydrogens is 500 g/mol. The van der Waals surface area contributed by atoms with Crippen molar-refractivity contribution in [2.45, 2.75) is 57.1 Å². The highest BCUT2D eigenvalue weighted by Crippen LogP contribution is 2.29. The number of nitrogens with one attached hydrogen (secondary N) is 1. The Bertz CT molecular complexity index is 1210. The van der Waals surface area contributed by atoms with Gasteiger partial charge in [-0.05, 0) is 37.8 Å². The molecule has 1 amide bonds. The van der Waals surface area contributed by atoms with Gasteiger partial charge >= 0.3 is 0 Å². The summed E-state index contributed by atoms with van der Waals surface area (Å²) in [4.78, 5) is 20.7. The van der Waals surface area contributed by atoms with Crippen molar-refractivity contribution in [3.63, 3.8) is 0 Å². The molecule has 0 aliphatic carbocycles. The number of rotatable bonds is 8.